The number of halogens is 1. The molecule has 9 heteroatoms. The number of benzene rings is 2. The molecule has 2 heterocycles. The second kappa shape index (κ2) is 7.93. The van der Waals surface area contributed by atoms with Crippen molar-refractivity contribution in [1.29, 1.82) is 0 Å². The summed E-state index contributed by atoms with van der Waals surface area (Å²) in [6, 6.07) is 11.3. The zero-order chi connectivity index (χ0) is 18.6. The summed E-state index contributed by atoms with van der Waals surface area (Å²) in [5.74, 6) is 1.35. The average Bonchev–Trinajstić information content (AvgIpc) is 3.17. The summed E-state index contributed by atoms with van der Waals surface area (Å²) in [6.45, 7) is 1.11. The number of nitrogens with zero attached hydrogens (tertiary/aromatic N) is 2. The zero-order valence-electron chi connectivity index (χ0n) is 14.0. The maximum absolute atomic E-state index is 12.9. The van der Waals surface area contributed by atoms with E-state index in [-0.39, 0.29) is 16.7 Å². The average molecular weight is 403 g/mol. The summed E-state index contributed by atoms with van der Waals surface area (Å²) in [5.41, 5.74) is 0.504. The van der Waals surface area contributed by atoms with E-state index in [9.17, 15) is 9.18 Å². The largest absolute Gasteiger partial charge is 0.486 e. The second-order valence-corrected chi connectivity index (χ2v) is 7.67. The van der Waals surface area contributed by atoms with Crippen LogP contribution in [0.1, 0.15) is 14.8 Å². The summed E-state index contributed by atoms with van der Waals surface area (Å²) in [4.78, 5) is 13.2. The number of anilines is 1. The van der Waals surface area contributed by atoms with E-state index in [4.69, 9.17) is 9.47 Å². The van der Waals surface area contributed by atoms with Gasteiger partial charge in [0, 0.05) is 10.6 Å². The molecule has 0 bridgehead atoms. The lowest BCUT2D eigenvalue weighted by Gasteiger charge is -2.18. The number of fused-ring (bicyclic) bond motifs is 1. The van der Waals surface area contributed by atoms with Crippen molar-refractivity contribution in [3.63, 3.8) is 0 Å². The van der Waals surface area contributed by atoms with Crippen LogP contribution in [0, 0.1) is 5.82 Å². The molecular formula is C18H14FN3O3S2. The zero-order valence-corrected chi connectivity index (χ0v) is 15.6. The number of nitrogens with one attached hydrogen (secondary N) is 1. The van der Waals surface area contributed by atoms with Crippen LogP contribution in [0.5, 0.6) is 11.5 Å². The van der Waals surface area contributed by atoms with Crippen LogP contribution in [0.15, 0.2) is 47.4 Å². The number of ether oxygens (including phenoxy) is 2. The Labute approximate surface area is 162 Å². The van der Waals surface area contributed by atoms with E-state index in [1.54, 1.807) is 11.8 Å². The first-order chi connectivity index (χ1) is 13.2. The molecule has 6 nitrogen and oxygen atoms in total. The smallest absolute Gasteiger partial charge is 0.286 e. The van der Waals surface area contributed by atoms with Gasteiger partial charge in [-0.15, -0.1) is 22.0 Å². The van der Waals surface area contributed by atoms with Crippen molar-refractivity contribution < 1.29 is 18.7 Å². The number of carbonyl (C=O) groups is 1. The number of hydrogen-bond acceptors (Lipinski definition) is 7. The minimum atomic E-state index is -0.366. The van der Waals surface area contributed by atoms with Gasteiger partial charge in [-0.2, -0.15) is 0 Å². The van der Waals surface area contributed by atoms with Crippen molar-refractivity contribution in [2.24, 2.45) is 0 Å². The highest BCUT2D eigenvalue weighted by molar-refractivity contribution is 7.98. The van der Waals surface area contributed by atoms with Gasteiger partial charge in [-0.3, -0.25) is 4.79 Å². The lowest BCUT2D eigenvalue weighted by Crippen LogP contribution is -2.15. The van der Waals surface area contributed by atoms with Gasteiger partial charge in [-0.05, 0) is 42.5 Å². The number of rotatable bonds is 5. The Bertz CT molecular complexity index is 963. The SMILES string of the molecule is O=C(Nc1ccc(F)cc1)c1nnc(CSc2ccc3c(c2)OCCO3)s1. The van der Waals surface area contributed by atoms with Crippen molar-refractivity contribution in [3.8, 4) is 11.5 Å². The highest BCUT2D eigenvalue weighted by Gasteiger charge is 2.15. The van der Waals surface area contributed by atoms with E-state index >= 15 is 0 Å². The topological polar surface area (TPSA) is 73.3 Å². The molecule has 27 heavy (non-hydrogen) atoms. The highest BCUT2D eigenvalue weighted by atomic mass is 32.2. The normalized spacial score (nSPS) is 12.6. The van der Waals surface area contributed by atoms with Crippen molar-refractivity contribution in [3.05, 3.63) is 58.3 Å². The van der Waals surface area contributed by atoms with Crippen LogP contribution >= 0.6 is 23.1 Å². The van der Waals surface area contributed by atoms with Crippen LogP contribution in [0.2, 0.25) is 0 Å². The minimum Gasteiger partial charge on any atom is -0.486 e. The molecule has 1 aliphatic heterocycles. The summed E-state index contributed by atoms with van der Waals surface area (Å²) in [6.07, 6.45) is 0. The van der Waals surface area contributed by atoms with Crippen LogP contribution in [0.3, 0.4) is 0 Å². The maximum Gasteiger partial charge on any atom is 0.286 e. The van der Waals surface area contributed by atoms with Crippen LogP contribution in [-0.2, 0) is 5.75 Å². The first-order valence-corrected chi connectivity index (χ1v) is 9.89. The monoisotopic (exact) mass is 403 g/mol. The van der Waals surface area contributed by atoms with Gasteiger partial charge in [0.05, 0.1) is 5.75 Å². The van der Waals surface area contributed by atoms with Gasteiger partial charge < -0.3 is 14.8 Å². The number of aromatic nitrogens is 2. The lowest BCUT2D eigenvalue weighted by atomic mass is 10.3. The van der Waals surface area contributed by atoms with Crippen LogP contribution in [-0.4, -0.2) is 29.3 Å². The second-order valence-electron chi connectivity index (χ2n) is 5.56. The molecule has 1 amide bonds. The Morgan fingerprint density at radius 1 is 1.11 bits per heavy atom. The van der Waals surface area contributed by atoms with Gasteiger partial charge in [0.25, 0.3) is 5.91 Å². The predicted molar refractivity (Wildman–Crippen MR) is 101 cm³/mol. The first kappa shape index (κ1) is 17.7. The fraction of sp³-hybridized carbons (Fsp3) is 0.167. The van der Waals surface area contributed by atoms with Crippen molar-refractivity contribution in [2.45, 2.75) is 10.6 Å². The van der Waals surface area contributed by atoms with Crippen LogP contribution < -0.4 is 14.8 Å². The third-order valence-electron chi connectivity index (χ3n) is 3.64. The van der Waals surface area contributed by atoms with Gasteiger partial charge in [0.1, 0.15) is 24.0 Å². The fourth-order valence-electron chi connectivity index (χ4n) is 2.38. The maximum atomic E-state index is 12.9. The van der Waals surface area contributed by atoms with E-state index < -0.39 is 0 Å². The molecule has 0 radical (unpaired) electrons. The van der Waals surface area contributed by atoms with Gasteiger partial charge in [0.2, 0.25) is 5.01 Å². The fourth-order valence-corrected chi connectivity index (χ4v) is 4.03. The summed E-state index contributed by atoms with van der Waals surface area (Å²) in [7, 11) is 0. The number of hydrogen-bond donors (Lipinski definition) is 1. The van der Waals surface area contributed by atoms with Gasteiger partial charge >= 0.3 is 0 Å². The molecule has 4 rings (SSSR count). The molecule has 0 fully saturated rings. The molecule has 138 valence electrons. The summed E-state index contributed by atoms with van der Waals surface area (Å²) >= 11 is 2.80. The molecule has 1 aliphatic rings. The molecule has 0 saturated carbocycles. The quantitative estimate of drug-likeness (QED) is 0.650. The highest BCUT2D eigenvalue weighted by Crippen LogP contribution is 2.35. The van der Waals surface area contributed by atoms with Crippen LogP contribution in [0.25, 0.3) is 0 Å². The number of thioether (sulfide) groups is 1. The Hall–Kier alpha value is -2.65. The van der Waals surface area contributed by atoms with Crippen LogP contribution in [0.4, 0.5) is 10.1 Å². The Balaban J connectivity index is 1.36. The molecule has 1 aromatic heterocycles. The standard InChI is InChI=1S/C18H14FN3O3S2/c19-11-1-3-12(4-2-11)20-17(23)18-22-21-16(27-18)10-26-13-5-6-14-15(9-13)25-8-7-24-14/h1-6,9H,7-8,10H2,(H,20,23). The molecule has 2 aromatic carbocycles. The molecule has 0 spiro atoms. The summed E-state index contributed by atoms with van der Waals surface area (Å²) < 4.78 is 24.0. The third kappa shape index (κ3) is 4.37. The summed E-state index contributed by atoms with van der Waals surface area (Å²) in [5, 5.41) is 11.7. The molecule has 3 aromatic rings. The Morgan fingerprint density at radius 3 is 2.70 bits per heavy atom. The van der Waals surface area contributed by atoms with E-state index in [1.165, 1.54) is 35.6 Å². The van der Waals surface area contributed by atoms with E-state index in [2.05, 4.69) is 15.5 Å². The molecule has 0 atom stereocenters. The Kier molecular flexibility index (Phi) is 5.21. The van der Waals surface area contributed by atoms with E-state index in [0.717, 1.165) is 21.4 Å². The van der Waals surface area contributed by atoms with Gasteiger partial charge in [-0.25, -0.2) is 4.39 Å². The molecule has 0 aliphatic carbocycles. The van der Waals surface area contributed by atoms with Crippen molar-refractivity contribution >= 4 is 34.7 Å². The predicted octanol–water partition coefficient (Wildman–Crippen LogP) is 3.99. The van der Waals surface area contributed by atoms with E-state index in [1.807, 2.05) is 18.2 Å². The molecular weight excluding hydrogens is 389 g/mol. The minimum absolute atomic E-state index is 0.261. The lowest BCUT2D eigenvalue weighted by molar-refractivity contribution is 0.102. The van der Waals surface area contributed by atoms with Gasteiger partial charge in [0.15, 0.2) is 11.5 Å². The molecule has 1 N–H and O–H groups in total. The van der Waals surface area contributed by atoms with E-state index in [0.29, 0.717) is 24.7 Å². The molecule has 0 saturated heterocycles. The van der Waals surface area contributed by atoms with Crippen molar-refractivity contribution in [1.82, 2.24) is 10.2 Å². The van der Waals surface area contributed by atoms with Crippen molar-refractivity contribution in [2.75, 3.05) is 18.5 Å². The third-order valence-corrected chi connectivity index (χ3v) is 5.75. The Morgan fingerprint density at radius 2 is 1.89 bits per heavy atom. The van der Waals surface area contributed by atoms with Gasteiger partial charge in [-0.1, -0.05) is 11.3 Å². The number of amides is 1. The number of carbonyl (C=O) groups excluding carboxylic acids is 1. The molecule has 0 unspecified atom stereocenters. The first-order valence-electron chi connectivity index (χ1n) is 8.09.